The maximum Gasteiger partial charge on any atom is 0.244 e. The minimum atomic E-state index is 0.112. The Hall–Kier alpha value is -1.36. The van der Waals surface area contributed by atoms with Gasteiger partial charge in [0.25, 0.3) is 0 Å². The molecule has 17 heavy (non-hydrogen) atoms. The molecule has 2 heterocycles. The van der Waals surface area contributed by atoms with Gasteiger partial charge in [0.15, 0.2) is 0 Å². The molecule has 0 saturated carbocycles. The number of carbonyl (C=O) groups excluding carboxylic acids is 1. The smallest absolute Gasteiger partial charge is 0.244 e. The van der Waals surface area contributed by atoms with Crippen molar-refractivity contribution in [3.05, 3.63) is 18.5 Å². The summed E-state index contributed by atoms with van der Waals surface area (Å²) in [6, 6.07) is 2.28. The van der Waals surface area contributed by atoms with Gasteiger partial charge in [-0.25, -0.2) is 0 Å². The zero-order chi connectivity index (χ0) is 12.1. The van der Waals surface area contributed by atoms with E-state index in [0.717, 1.165) is 13.1 Å². The highest BCUT2D eigenvalue weighted by Crippen LogP contribution is 2.08. The predicted molar refractivity (Wildman–Crippen MR) is 65.5 cm³/mol. The lowest BCUT2D eigenvalue weighted by Gasteiger charge is -2.28. The van der Waals surface area contributed by atoms with E-state index in [1.807, 2.05) is 19.3 Å². The molecule has 5 nitrogen and oxygen atoms in total. The Morgan fingerprint density at radius 1 is 1.59 bits per heavy atom. The summed E-state index contributed by atoms with van der Waals surface area (Å²) in [6.07, 6.45) is 7.18. The van der Waals surface area contributed by atoms with E-state index in [2.05, 4.69) is 10.4 Å². The van der Waals surface area contributed by atoms with E-state index in [4.69, 9.17) is 0 Å². The van der Waals surface area contributed by atoms with Crippen molar-refractivity contribution in [3.8, 4) is 0 Å². The third-order valence-corrected chi connectivity index (χ3v) is 3.19. The fourth-order valence-corrected chi connectivity index (χ4v) is 2.17. The molecule has 1 atom stereocenters. The number of carbonyl (C=O) groups is 1. The Morgan fingerprint density at radius 2 is 2.47 bits per heavy atom. The summed E-state index contributed by atoms with van der Waals surface area (Å²) in [4.78, 5) is 13.7. The molecule has 0 aliphatic carbocycles. The summed E-state index contributed by atoms with van der Waals surface area (Å²) in [5, 5.41) is 7.49. The van der Waals surface area contributed by atoms with Crippen molar-refractivity contribution < 1.29 is 4.79 Å². The Bertz CT molecular complexity index is 343. The molecule has 0 radical (unpaired) electrons. The Balaban J connectivity index is 1.78. The summed E-state index contributed by atoms with van der Waals surface area (Å²) in [7, 11) is 1.86. The van der Waals surface area contributed by atoms with Gasteiger partial charge in [0.1, 0.15) is 6.54 Å². The van der Waals surface area contributed by atoms with Crippen molar-refractivity contribution in [2.45, 2.75) is 31.8 Å². The number of hydrogen-bond acceptors (Lipinski definition) is 3. The van der Waals surface area contributed by atoms with E-state index in [1.165, 1.54) is 19.3 Å². The number of amides is 1. The number of rotatable bonds is 4. The largest absolute Gasteiger partial charge is 0.343 e. The minimum absolute atomic E-state index is 0.112. The van der Waals surface area contributed by atoms with Crippen LogP contribution in [0.2, 0.25) is 0 Å². The van der Waals surface area contributed by atoms with Crippen LogP contribution in [-0.4, -0.2) is 46.8 Å². The molecule has 5 heteroatoms. The molecular weight excluding hydrogens is 216 g/mol. The molecule has 1 fully saturated rings. The van der Waals surface area contributed by atoms with Crippen LogP contribution < -0.4 is 5.32 Å². The molecule has 0 bridgehead atoms. The van der Waals surface area contributed by atoms with E-state index in [0.29, 0.717) is 12.6 Å². The average Bonchev–Trinajstić information content (AvgIpc) is 2.83. The summed E-state index contributed by atoms with van der Waals surface area (Å²) in [5.41, 5.74) is 0. The molecule has 1 amide bonds. The first-order valence-electron chi connectivity index (χ1n) is 6.20. The van der Waals surface area contributed by atoms with E-state index >= 15 is 0 Å². The molecule has 1 N–H and O–H groups in total. The van der Waals surface area contributed by atoms with Gasteiger partial charge in [-0.1, -0.05) is 6.42 Å². The molecule has 0 aromatic carbocycles. The van der Waals surface area contributed by atoms with Gasteiger partial charge >= 0.3 is 0 Å². The highest BCUT2D eigenvalue weighted by atomic mass is 16.2. The van der Waals surface area contributed by atoms with Gasteiger partial charge in [0.2, 0.25) is 5.91 Å². The van der Waals surface area contributed by atoms with Gasteiger partial charge in [-0.05, 0) is 25.5 Å². The fraction of sp³-hybridized carbons (Fsp3) is 0.667. The first-order chi connectivity index (χ1) is 8.25. The van der Waals surface area contributed by atoms with Crippen LogP contribution in [0.25, 0.3) is 0 Å². The second-order valence-corrected chi connectivity index (χ2v) is 4.62. The summed E-state index contributed by atoms with van der Waals surface area (Å²) in [6.45, 7) is 2.20. The van der Waals surface area contributed by atoms with E-state index in [9.17, 15) is 4.79 Å². The van der Waals surface area contributed by atoms with Gasteiger partial charge in [-0.3, -0.25) is 9.48 Å². The molecule has 94 valence electrons. The van der Waals surface area contributed by atoms with Crippen molar-refractivity contribution >= 4 is 5.91 Å². The molecule has 1 aromatic rings. The molecule has 1 aromatic heterocycles. The van der Waals surface area contributed by atoms with E-state index < -0.39 is 0 Å². The monoisotopic (exact) mass is 236 g/mol. The number of nitrogens with one attached hydrogen (secondary N) is 1. The van der Waals surface area contributed by atoms with Crippen molar-refractivity contribution in [2.75, 3.05) is 20.1 Å². The van der Waals surface area contributed by atoms with E-state index in [1.54, 1.807) is 15.8 Å². The van der Waals surface area contributed by atoms with Gasteiger partial charge in [0, 0.05) is 32.0 Å². The lowest BCUT2D eigenvalue weighted by atomic mass is 10.0. The van der Waals surface area contributed by atoms with Gasteiger partial charge in [-0.15, -0.1) is 0 Å². The Morgan fingerprint density at radius 3 is 3.12 bits per heavy atom. The van der Waals surface area contributed by atoms with Crippen LogP contribution in [0.4, 0.5) is 0 Å². The molecule has 1 aliphatic heterocycles. The molecule has 2 rings (SSSR count). The van der Waals surface area contributed by atoms with Crippen LogP contribution in [-0.2, 0) is 11.3 Å². The van der Waals surface area contributed by atoms with Crippen molar-refractivity contribution in [2.24, 2.45) is 0 Å². The molecule has 1 aliphatic rings. The SMILES string of the molecule is CN(CC1CCCCN1)C(=O)Cn1cccn1. The lowest BCUT2D eigenvalue weighted by molar-refractivity contribution is -0.131. The summed E-state index contributed by atoms with van der Waals surface area (Å²) < 4.78 is 1.66. The fourth-order valence-electron chi connectivity index (χ4n) is 2.17. The third kappa shape index (κ3) is 3.56. The number of hydrogen-bond donors (Lipinski definition) is 1. The van der Waals surface area contributed by atoms with Crippen molar-refractivity contribution in [1.29, 1.82) is 0 Å². The van der Waals surface area contributed by atoms with Crippen molar-refractivity contribution in [1.82, 2.24) is 20.0 Å². The molecule has 1 unspecified atom stereocenters. The number of piperidine rings is 1. The van der Waals surface area contributed by atoms with Crippen LogP contribution in [0.3, 0.4) is 0 Å². The zero-order valence-electron chi connectivity index (χ0n) is 10.3. The lowest BCUT2D eigenvalue weighted by Crippen LogP contribution is -2.45. The third-order valence-electron chi connectivity index (χ3n) is 3.19. The number of aromatic nitrogens is 2. The summed E-state index contributed by atoms with van der Waals surface area (Å²) in [5.74, 6) is 0.112. The second kappa shape index (κ2) is 5.82. The normalized spacial score (nSPS) is 20.2. The highest BCUT2D eigenvalue weighted by molar-refractivity contribution is 5.75. The van der Waals surface area contributed by atoms with Gasteiger partial charge in [0.05, 0.1) is 0 Å². The van der Waals surface area contributed by atoms with Crippen LogP contribution >= 0.6 is 0 Å². The van der Waals surface area contributed by atoms with E-state index in [-0.39, 0.29) is 5.91 Å². The number of nitrogens with zero attached hydrogens (tertiary/aromatic N) is 3. The molecule has 1 saturated heterocycles. The van der Waals surface area contributed by atoms with Gasteiger partial charge < -0.3 is 10.2 Å². The highest BCUT2D eigenvalue weighted by Gasteiger charge is 2.17. The minimum Gasteiger partial charge on any atom is -0.343 e. The predicted octanol–water partition coefficient (Wildman–Crippen LogP) is 0.484. The average molecular weight is 236 g/mol. The zero-order valence-corrected chi connectivity index (χ0v) is 10.3. The quantitative estimate of drug-likeness (QED) is 0.827. The maximum absolute atomic E-state index is 11.9. The Kier molecular flexibility index (Phi) is 4.14. The topological polar surface area (TPSA) is 50.2 Å². The van der Waals surface area contributed by atoms with Crippen LogP contribution in [0.1, 0.15) is 19.3 Å². The number of likely N-dealkylation sites (N-methyl/N-ethyl adjacent to an activating group) is 1. The Labute approximate surface area is 102 Å². The first-order valence-corrected chi connectivity index (χ1v) is 6.20. The van der Waals surface area contributed by atoms with Crippen LogP contribution in [0, 0.1) is 0 Å². The standard InChI is InChI=1S/C12H20N4O/c1-15(9-11-5-2-3-6-13-11)12(17)10-16-8-4-7-14-16/h4,7-8,11,13H,2-3,5-6,9-10H2,1H3. The molecule has 0 spiro atoms. The van der Waals surface area contributed by atoms with Crippen molar-refractivity contribution in [3.63, 3.8) is 0 Å². The first kappa shape index (κ1) is 12.1. The van der Waals surface area contributed by atoms with Crippen LogP contribution in [0.15, 0.2) is 18.5 Å². The van der Waals surface area contributed by atoms with Gasteiger partial charge in [-0.2, -0.15) is 5.10 Å². The maximum atomic E-state index is 11.9. The van der Waals surface area contributed by atoms with Crippen LogP contribution in [0.5, 0.6) is 0 Å². The second-order valence-electron chi connectivity index (χ2n) is 4.62. The molecular formula is C12H20N4O. The summed E-state index contributed by atoms with van der Waals surface area (Å²) >= 11 is 0.